The normalized spacial score (nSPS) is 25.3. The summed E-state index contributed by atoms with van der Waals surface area (Å²) >= 11 is 5.29. The number of benzene rings is 1. The summed E-state index contributed by atoms with van der Waals surface area (Å²) in [4.78, 5) is 0. The minimum absolute atomic E-state index is 0.390. The Bertz CT molecular complexity index is 376. The maximum Gasteiger partial charge on any atom is 0.0869 e. The summed E-state index contributed by atoms with van der Waals surface area (Å²) in [6.07, 6.45) is 1.91. The van der Waals surface area contributed by atoms with Crippen molar-refractivity contribution in [1.82, 2.24) is 5.32 Å². The van der Waals surface area contributed by atoms with Crippen LogP contribution in [-0.2, 0) is 6.42 Å². The van der Waals surface area contributed by atoms with Crippen molar-refractivity contribution >= 4 is 27.7 Å². The molecule has 0 unspecified atom stereocenters. The standard InChI is InChI=1S/C14H20BrNOS/c1-11(8-12-2-4-13(15)5-3-12)16-9-14(17)6-7-18-10-14/h2-5,11,16-17H,6-10H2,1H3/t11-,14-/m1/s1. The van der Waals surface area contributed by atoms with Gasteiger partial charge >= 0.3 is 0 Å². The fraction of sp³-hybridized carbons (Fsp3) is 0.571. The van der Waals surface area contributed by atoms with Crippen LogP contribution >= 0.6 is 27.7 Å². The summed E-state index contributed by atoms with van der Waals surface area (Å²) in [5.41, 5.74) is 0.838. The van der Waals surface area contributed by atoms with Gasteiger partial charge in [0.05, 0.1) is 5.60 Å². The molecule has 0 amide bonds. The molecule has 2 atom stereocenters. The van der Waals surface area contributed by atoms with E-state index in [2.05, 4.69) is 52.4 Å². The van der Waals surface area contributed by atoms with Crippen LogP contribution in [0.3, 0.4) is 0 Å². The molecular formula is C14H20BrNOS. The lowest BCUT2D eigenvalue weighted by Crippen LogP contribution is -2.44. The highest BCUT2D eigenvalue weighted by Crippen LogP contribution is 2.27. The predicted molar refractivity (Wildman–Crippen MR) is 82.2 cm³/mol. The van der Waals surface area contributed by atoms with Crippen LogP contribution in [0.4, 0.5) is 0 Å². The maximum absolute atomic E-state index is 10.3. The van der Waals surface area contributed by atoms with Gasteiger partial charge in [-0.3, -0.25) is 0 Å². The molecule has 0 bridgehead atoms. The van der Waals surface area contributed by atoms with E-state index in [1.54, 1.807) is 0 Å². The van der Waals surface area contributed by atoms with Crippen molar-refractivity contribution in [2.75, 3.05) is 18.1 Å². The number of hydrogen-bond acceptors (Lipinski definition) is 3. The van der Waals surface area contributed by atoms with Crippen molar-refractivity contribution in [3.05, 3.63) is 34.3 Å². The van der Waals surface area contributed by atoms with Gasteiger partial charge in [-0.2, -0.15) is 11.8 Å². The second-order valence-electron chi connectivity index (χ2n) is 5.14. The second kappa shape index (κ2) is 6.42. The Morgan fingerprint density at radius 1 is 1.44 bits per heavy atom. The average Bonchev–Trinajstić information content (AvgIpc) is 2.78. The molecule has 0 saturated carbocycles. The summed E-state index contributed by atoms with van der Waals surface area (Å²) in [6, 6.07) is 8.82. The third kappa shape index (κ3) is 4.26. The van der Waals surface area contributed by atoms with E-state index in [0.717, 1.165) is 28.8 Å². The summed E-state index contributed by atoms with van der Waals surface area (Å²) in [5.74, 6) is 1.95. The molecule has 0 aliphatic carbocycles. The first kappa shape index (κ1) is 14.4. The zero-order valence-electron chi connectivity index (χ0n) is 10.7. The number of aliphatic hydroxyl groups is 1. The number of rotatable bonds is 5. The van der Waals surface area contributed by atoms with Gasteiger partial charge in [-0.25, -0.2) is 0 Å². The molecule has 18 heavy (non-hydrogen) atoms. The summed E-state index contributed by atoms with van der Waals surface area (Å²) in [7, 11) is 0. The van der Waals surface area contributed by atoms with Crippen LogP contribution in [0.15, 0.2) is 28.7 Å². The molecule has 1 aliphatic heterocycles. The molecule has 0 radical (unpaired) electrons. The highest BCUT2D eigenvalue weighted by Gasteiger charge is 2.31. The lowest BCUT2D eigenvalue weighted by atomic mass is 10.0. The summed E-state index contributed by atoms with van der Waals surface area (Å²) < 4.78 is 1.11. The van der Waals surface area contributed by atoms with Crippen LogP contribution in [0.25, 0.3) is 0 Å². The van der Waals surface area contributed by atoms with E-state index in [0.29, 0.717) is 12.6 Å². The third-order valence-electron chi connectivity index (χ3n) is 3.32. The van der Waals surface area contributed by atoms with E-state index >= 15 is 0 Å². The molecule has 0 spiro atoms. The Morgan fingerprint density at radius 3 is 2.78 bits per heavy atom. The predicted octanol–water partition coefficient (Wildman–Crippen LogP) is 2.84. The number of halogens is 1. The molecule has 1 saturated heterocycles. The topological polar surface area (TPSA) is 32.3 Å². The molecule has 1 aromatic rings. The first-order valence-corrected chi connectivity index (χ1v) is 8.30. The summed E-state index contributed by atoms with van der Waals surface area (Å²) in [6.45, 7) is 2.88. The van der Waals surface area contributed by atoms with Gasteiger partial charge in [0.1, 0.15) is 0 Å². The smallest absolute Gasteiger partial charge is 0.0869 e. The monoisotopic (exact) mass is 329 g/mol. The molecule has 4 heteroatoms. The Labute approximate surface area is 122 Å². The second-order valence-corrected chi connectivity index (χ2v) is 7.16. The minimum Gasteiger partial charge on any atom is -0.388 e. The number of hydrogen-bond donors (Lipinski definition) is 2. The van der Waals surface area contributed by atoms with E-state index in [1.807, 2.05) is 11.8 Å². The molecule has 2 nitrogen and oxygen atoms in total. The van der Waals surface area contributed by atoms with Crippen LogP contribution in [0.5, 0.6) is 0 Å². The van der Waals surface area contributed by atoms with Crippen LogP contribution in [0, 0.1) is 0 Å². The van der Waals surface area contributed by atoms with Gasteiger partial charge in [-0.1, -0.05) is 28.1 Å². The first-order chi connectivity index (χ1) is 8.57. The van der Waals surface area contributed by atoms with E-state index < -0.39 is 5.60 Å². The van der Waals surface area contributed by atoms with Crippen molar-refractivity contribution in [1.29, 1.82) is 0 Å². The zero-order valence-corrected chi connectivity index (χ0v) is 13.1. The van der Waals surface area contributed by atoms with Gasteiger partial charge in [-0.05, 0) is 43.2 Å². The lowest BCUT2D eigenvalue weighted by Gasteiger charge is -2.24. The highest BCUT2D eigenvalue weighted by molar-refractivity contribution is 9.10. The van der Waals surface area contributed by atoms with Crippen LogP contribution in [0.2, 0.25) is 0 Å². The van der Waals surface area contributed by atoms with E-state index in [1.165, 1.54) is 5.56 Å². The van der Waals surface area contributed by atoms with Crippen molar-refractivity contribution in [2.45, 2.75) is 31.4 Å². The van der Waals surface area contributed by atoms with Crippen molar-refractivity contribution in [3.8, 4) is 0 Å². The largest absolute Gasteiger partial charge is 0.388 e. The van der Waals surface area contributed by atoms with E-state index in [4.69, 9.17) is 0 Å². The number of thioether (sulfide) groups is 1. The van der Waals surface area contributed by atoms with Gasteiger partial charge in [0.2, 0.25) is 0 Å². The van der Waals surface area contributed by atoms with Crippen LogP contribution in [0.1, 0.15) is 18.9 Å². The van der Waals surface area contributed by atoms with Gasteiger partial charge in [0, 0.05) is 22.8 Å². The molecule has 2 rings (SSSR count). The van der Waals surface area contributed by atoms with Crippen molar-refractivity contribution < 1.29 is 5.11 Å². The van der Waals surface area contributed by atoms with E-state index in [-0.39, 0.29) is 0 Å². The number of nitrogens with one attached hydrogen (secondary N) is 1. The van der Waals surface area contributed by atoms with Gasteiger partial charge in [0.15, 0.2) is 0 Å². The average molecular weight is 330 g/mol. The summed E-state index contributed by atoms with van der Waals surface area (Å²) in [5, 5.41) is 13.7. The molecular weight excluding hydrogens is 310 g/mol. The molecule has 0 aromatic heterocycles. The SMILES string of the molecule is C[C@H](Cc1ccc(Br)cc1)NC[C@]1(O)CCSC1. The van der Waals surface area contributed by atoms with Gasteiger partial charge < -0.3 is 10.4 Å². The maximum atomic E-state index is 10.3. The fourth-order valence-corrected chi connectivity index (χ4v) is 3.71. The quantitative estimate of drug-likeness (QED) is 0.871. The molecule has 2 N–H and O–H groups in total. The first-order valence-electron chi connectivity index (χ1n) is 6.35. The van der Waals surface area contributed by atoms with E-state index in [9.17, 15) is 5.11 Å². The Hall–Kier alpha value is -0.0300. The van der Waals surface area contributed by atoms with Crippen LogP contribution in [-0.4, -0.2) is 34.8 Å². The molecule has 1 fully saturated rings. The molecule has 1 aromatic carbocycles. The third-order valence-corrected chi connectivity index (χ3v) is 5.08. The Morgan fingerprint density at radius 2 is 2.17 bits per heavy atom. The highest BCUT2D eigenvalue weighted by atomic mass is 79.9. The Balaban J connectivity index is 1.78. The molecule has 1 aliphatic rings. The lowest BCUT2D eigenvalue weighted by molar-refractivity contribution is 0.0651. The molecule has 100 valence electrons. The molecule has 1 heterocycles. The fourth-order valence-electron chi connectivity index (χ4n) is 2.15. The zero-order chi connectivity index (χ0) is 13.0. The van der Waals surface area contributed by atoms with Crippen molar-refractivity contribution in [3.63, 3.8) is 0 Å². The van der Waals surface area contributed by atoms with Crippen LogP contribution < -0.4 is 5.32 Å². The minimum atomic E-state index is -0.487. The van der Waals surface area contributed by atoms with Crippen molar-refractivity contribution in [2.24, 2.45) is 0 Å². The van der Waals surface area contributed by atoms with Gasteiger partial charge in [0.25, 0.3) is 0 Å². The Kier molecular flexibility index (Phi) is 5.13. The van der Waals surface area contributed by atoms with Gasteiger partial charge in [-0.15, -0.1) is 0 Å².